The van der Waals surface area contributed by atoms with Crippen LogP contribution >= 0.6 is 11.3 Å². The molecule has 120 valence electrons. The molecule has 0 atom stereocenters. The number of hydrogen-bond donors (Lipinski definition) is 1. The van der Waals surface area contributed by atoms with Crippen LogP contribution in [0.4, 0.5) is 0 Å². The Morgan fingerprint density at radius 2 is 2.09 bits per heavy atom. The quantitative estimate of drug-likeness (QED) is 0.461. The zero-order valence-electron chi connectivity index (χ0n) is 13.5. The number of ether oxygens (including phenoxy) is 1. The number of ketones is 1. The van der Waals surface area contributed by atoms with Gasteiger partial charge in [-0.2, -0.15) is 0 Å². The Morgan fingerprint density at radius 1 is 1.30 bits per heavy atom. The number of carbonyl (C=O) groups is 1. The number of carbonyl (C=O) groups excluding carboxylic acids is 1. The maximum Gasteiger partial charge on any atom is 0.189 e. The maximum atomic E-state index is 12.2. The van der Waals surface area contributed by atoms with Crippen LogP contribution in [-0.4, -0.2) is 17.5 Å². The molecule has 2 aromatic rings. The van der Waals surface area contributed by atoms with Crippen molar-refractivity contribution in [1.29, 1.82) is 0 Å². The molecule has 0 spiro atoms. The first-order chi connectivity index (χ1) is 11.0. The largest absolute Gasteiger partial charge is 0.507 e. The molecule has 0 aliphatic heterocycles. The minimum Gasteiger partial charge on any atom is -0.507 e. The third kappa shape index (κ3) is 5.11. The van der Waals surface area contributed by atoms with Crippen LogP contribution in [0.2, 0.25) is 0 Å². The van der Waals surface area contributed by atoms with Gasteiger partial charge in [-0.05, 0) is 68.1 Å². The molecule has 1 aromatic carbocycles. The summed E-state index contributed by atoms with van der Waals surface area (Å²) in [5.74, 6) is 0.232. The molecule has 0 saturated heterocycles. The molecule has 23 heavy (non-hydrogen) atoms. The number of hydrogen-bond acceptors (Lipinski definition) is 4. The summed E-state index contributed by atoms with van der Waals surface area (Å²) in [6, 6.07) is 6.75. The molecule has 0 saturated carbocycles. The number of aryl methyl sites for hydroxylation is 1. The Morgan fingerprint density at radius 3 is 2.70 bits per heavy atom. The maximum absolute atomic E-state index is 12.2. The second-order valence-electron chi connectivity index (χ2n) is 5.50. The molecule has 0 fully saturated rings. The number of thiophene rings is 1. The van der Waals surface area contributed by atoms with Crippen LogP contribution in [0.25, 0.3) is 6.08 Å². The number of rotatable bonds is 6. The molecule has 4 heteroatoms. The number of benzene rings is 1. The molecule has 0 aliphatic carbocycles. The smallest absolute Gasteiger partial charge is 0.189 e. The van der Waals surface area contributed by atoms with E-state index in [4.69, 9.17) is 4.74 Å². The Labute approximate surface area is 140 Å². The van der Waals surface area contributed by atoms with Gasteiger partial charge in [0, 0.05) is 10.9 Å². The van der Waals surface area contributed by atoms with Gasteiger partial charge >= 0.3 is 0 Å². The lowest BCUT2D eigenvalue weighted by molar-refractivity contribution is 0.104. The third-order valence-corrected chi connectivity index (χ3v) is 4.14. The van der Waals surface area contributed by atoms with Gasteiger partial charge < -0.3 is 9.84 Å². The highest BCUT2D eigenvalue weighted by molar-refractivity contribution is 7.11. The van der Waals surface area contributed by atoms with Gasteiger partial charge in [0.1, 0.15) is 18.1 Å². The SMILES string of the molecule is CC(C)=CCOc1ccc(C(=O)C=Cc2cc(C)cs2)c(O)c1. The van der Waals surface area contributed by atoms with Crippen molar-refractivity contribution in [3.8, 4) is 11.5 Å². The van der Waals surface area contributed by atoms with Crippen LogP contribution < -0.4 is 4.74 Å². The van der Waals surface area contributed by atoms with Gasteiger partial charge in [0.2, 0.25) is 0 Å². The van der Waals surface area contributed by atoms with E-state index in [0.717, 1.165) is 10.5 Å². The molecule has 1 aromatic heterocycles. The van der Waals surface area contributed by atoms with Gasteiger partial charge in [0.15, 0.2) is 5.78 Å². The van der Waals surface area contributed by atoms with Crippen LogP contribution in [0, 0.1) is 6.92 Å². The fraction of sp³-hybridized carbons (Fsp3) is 0.211. The molecule has 0 bridgehead atoms. The summed E-state index contributed by atoms with van der Waals surface area (Å²) in [6.07, 6.45) is 5.19. The summed E-state index contributed by atoms with van der Waals surface area (Å²) >= 11 is 1.58. The standard InChI is InChI=1S/C19H20O3S/c1-13(2)8-9-22-15-4-6-17(19(21)11-15)18(20)7-5-16-10-14(3)12-23-16/h4-8,10-12,21H,9H2,1-3H3. The summed E-state index contributed by atoms with van der Waals surface area (Å²) in [7, 11) is 0. The van der Waals surface area contributed by atoms with E-state index in [9.17, 15) is 9.90 Å². The van der Waals surface area contributed by atoms with Gasteiger partial charge in [-0.3, -0.25) is 4.79 Å². The molecule has 0 radical (unpaired) electrons. The van der Waals surface area contributed by atoms with E-state index in [2.05, 4.69) is 0 Å². The van der Waals surface area contributed by atoms with Crippen molar-refractivity contribution in [1.82, 2.24) is 0 Å². The van der Waals surface area contributed by atoms with Crippen LogP contribution in [0.5, 0.6) is 11.5 Å². The fourth-order valence-corrected chi connectivity index (χ4v) is 2.69. The van der Waals surface area contributed by atoms with Gasteiger partial charge in [0.25, 0.3) is 0 Å². The molecule has 0 unspecified atom stereocenters. The third-order valence-electron chi connectivity index (χ3n) is 3.13. The molecule has 3 nitrogen and oxygen atoms in total. The van der Waals surface area contributed by atoms with Crippen molar-refractivity contribution in [3.63, 3.8) is 0 Å². The topological polar surface area (TPSA) is 46.5 Å². The van der Waals surface area contributed by atoms with Crippen molar-refractivity contribution in [2.24, 2.45) is 0 Å². The van der Waals surface area contributed by atoms with Gasteiger partial charge in [-0.1, -0.05) is 5.57 Å². The predicted molar refractivity (Wildman–Crippen MR) is 95.5 cm³/mol. The van der Waals surface area contributed by atoms with E-state index in [1.54, 1.807) is 29.5 Å². The van der Waals surface area contributed by atoms with Gasteiger partial charge in [-0.25, -0.2) is 0 Å². The van der Waals surface area contributed by atoms with Crippen LogP contribution in [0.15, 0.2) is 47.4 Å². The van der Waals surface area contributed by atoms with Crippen molar-refractivity contribution < 1.29 is 14.6 Å². The molecule has 0 aliphatic rings. The molecule has 1 heterocycles. The lowest BCUT2D eigenvalue weighted by Crippen LogP contribution is -1.98. The van der Waals surface area contributed by atoms with E-state index >= 15 is 0 Å². The van der Waals surface area contributed by atoms with Crippen molar-refractivity contribution in [2.45, 2.75) is 20.8 Å². The number of allylic oxidation sites excluding steroid dienone is 2. The molecule has 2 rings (SSSR count). The molecule has 0 amide bonds. The number of phenols is 1. The van der Waals surface area contributed by atoms with E-state index in [1.807, 2.05) is 38.3 Å². The number of phenolic OH excluding ortho intramolecular Hbond substituents is 1. The second kappa shape index (κ2) is 7.79. The van der Waals surface area contributed by atoms with Crippen molar-refractivity contribution in [3.05, 3.63) is 63.4 Å². The first kappa shape index (κ1) is 17.0. The highest BCUT2D eigenvalue weighted by Crippen LogP contribution is 2.25. The first-order valence-electron chi connectivity index (χ1n) is 7.32. The highest BCUT2D eigenvalue weighted by atomic mass is 32.1. The second-order valence-corrected chi connectivity index (χ2v) is 6.44. The average Bonchev–Trinajstić information content (AvgIpc) is 2.90. The van der Waals surface area contributed by atoms with E-state index in [0.29, 0.717) is 12.4 Å². The summed E-state index contributed by atoms with van der Waals surface area (Å²) in [5.41, 5.74) is 2.60. The minimum absolute atomic E-state index is 0.0725. The molecule has 1 N–H and O–H groups in total. The normalized spacial score (nSPS) is 10.7. The lowest BCUT2D eigenvalue weighted by atomic mass is 10.1. The zero-order chi connectivity index (χ0) is 16.8. The van der Waals surface area contributed by atoms with E-state index in [-0.39, 0.29) is 17.1 Å². The summed E-state index contributed by atoms with van der Waals surface area (Å²) < 4.78 is 5.50. The fourth-order valence-electron chi connectivity index (χ4n) is 1.90. The average molecular weight is 328 g/mol. The summed E-state index contributed by atoms with van der Waals surface area (Å²) in [6.45, 7) is 6.43. The Balaban J connectivity index is 2.06. The van der Waals surface area contributed by atoms with Crippen molar-refractivity contribution >= 4 is 23.2 Å². The van der Waals surface area contributed by atoms with E-state index < -0.39 is 0 Å². The molecular formula is C19H20O3S. The van der Waals surface area contributed by atoms with Crippen LogP contribution in [-0.2, 0) is 0 Å². The van der Waals surface area contributed by atoms with Crippen LogP contribution in [0.1, 0.15) is 34.6 Å². The monoisotopic (exact) mass is 328 g/mol. The Hall–Kier alpha value is -2.33. The first-order valence-corrected chi connectivity index (χ1v) is 8.20. The van der Waals surface area contributed by atoms with Crippen molar-refractivity contribution in [2.75, 3.05) is 6.61 Å². The lowest BCUT2D eigenvalue weighted by Gasteiger charge is -2.06. The minimum atomic E-state index is -0.232. The van der Waals surface area contributed by atoms with Gasteiger partial charge in [0.05, 0.1) is 5.56 Å². The van der Waals surface area contributed by atoms with E-state index in [1.165, 1.54) is 17.7 Å². The predicted octanol–water partition coefficient (Wildman–Crippen LogP) is 5.00. The number of aromatic hydroxyl groups is 1. The van der Waals surface area contributed by atoms with Gasteiger partial charge in [-0.15, -0.1) is 11.3 Å². The Kier molecular flexibility index (Phi) is 5.77. The summed E-state index contributed by atoms with van der Waals surface area (Å²) in [4.78, 5) is 13.2. The Bertz CT molecular complexity index is 750. The summed E-state index contributed by atoms with van der Waals surface area (Å²) in [5, 5.41) is 12.1. The zero-order valence-corrected chi connectivity index (χ0v) is 14.3. The van der Waals surface area contributed by atoms with Crippen LogP contribution in [0.3, 0.4) is 0 Å². The highest BCUT2D eigenvalue weighted by Gasteiger charge is 2.09. The molecular weight excluding hydrogens is 308 g/mol.